The number of hydrogen-bond donors (Lipinski definition) is 1. The van der Waals surface area contributed by atoms with Gasteiger partial charge in [0.1, 0.15) is 5.75 Å². The topological polar surface area (TPSA) is 75.9 Å². The molecule has 2 aliphatic heterocycles. The maximum Gasteiger partial charge on any atom is 0.260 e. The van der Waals surface area contributed by atoms with Crippen LogP contribution in [0.5, 0.6) is 5.75 Å². The lowest BCUT2D eigenvalue weighted by atomic mass is 9.96. The van der Waals surface area contributed by atoms with Crippen molar-refractivity contribution in [2.45, 2.75) is 31.9 Å². The number of nitrogens with two attached hydrogens (primary N) is 1. The van der Waals surface area contributed by atoms with Gasteiger partial charge in [0.05, 0.1) is 18.8 Å². The molecule has 0 unspecified atom stereocenters. The number of carbonyl (C=O) groups is 2. The minimum Gasteiger partial charge on any atom is -0.477 e. The van der Waals surface area contributed by atoms with Crippen LogP contribution >= 0.6 is 0 Å². The van der Waals surface area contributed by atoms with E-state index in [4.69, 9.17) is 10.5 Å². The summed E-state index contributed by atoms with van der Waals surface area (Å²) in [4.78, 5) is 28.7. The fourth-order valence-corrected chi connectivity index (χ4v) is 3.85. The third-order valence-corrected chi connectivity index (χ3v) is 5.36. The van der Waals surface area contributed by atoms with E-state index in [2.05, 4.69) is 24.0 Å². The number of nitrogens with zero attached hydrogens (tertiary/aromatic N) is 2. The third kappa shape index (κ3) is 3.23. The van der Waals surface area contributed by atoms with E-state index >= 15 is 0 Å². The van der Waals surface area contributed by atoms with Gasteiger partial charge in [0, 0.05) is 11.7 Å². The Labute approximate surface area is 158 Å². The van der Waals surface area contributed by atoms with Crippen LogP contribution in [0.25, 0.3) is 0 Å². The second kappa shape index (κ2) is 6.95. The molecule has 0 saturated heterocycles. The summed E-state index contributed by atoms with van der Waals surface area (Å²) in [6, 6.07) is 15.7. The van der Waals surface area contributed by atoms with Gasteiger partial charge in [-0.1, -0.05) is 30.3 Å². The molecule has 2 atom stereocenters. The zero-order chi connectivity index (χ0) is 19.0. The molecule has 2 aromatic rings. The van der Waals surface area contributed by atoms with Crippen molar-refractivity contribution in [3.8, 4) is 5.75 Å². The minimum absolute atomic E-state index is 0.0689. The number of aryl methyl sites for hydroxylation is 1. The Bertz CT molecular complexity index is 882. The first-order chi connectivity index (χ1) is 13.0. The van der Waals surface area contributed by atoms with Crippen LogP contribution in [0.15, 0.2) is 48.5 Å². The number of benzene rings is 2. The normalized spacial score (nSPS) is 21.1. The summed E-state index contributed by atoms with van der Waals surface area (Å²) in [7, 11) is 0. The minimum atomic E-state index is -0.838. The smallest absolute Gasteiger partial charge is 0.260 e. The van der Waals surface area contributed by atoms with Gasteiger partial charge in [-0.05, 0) is 43.5 Å². The molecule has 27 heavy (non-hydrogen) atoms. The molecule has 140 valence electrons. The standard InChI is InChI=1S/C21H23N3O3/c1-14-10-11-15-6-2-3-7-16(15)23(14)13-20(25)24-12-19(21(22)26)27-18-9-5-4-8-17(18)24/h2-9,14,19H,10-13H2,1H3,(H2,22,26)/t14-,19+/m1/s1. The van der Waals surface area contributed by atoms with Crippen LogP contribution in [0.1, 0.15) is 18.9 Å². The third-order valence-electron chi connectivity index (χ3n) is 5.36. The number of ether oxygens (including phenoxy) is 1. The number of anilines is 2. The van der Waals surface area contributed by atoms with Gasteiger partial charge in [0.25, 0.3) is 5.91 Å². The van der Waals surface area contributed by atoms with Crippen LogP contribution in [-0.2, 0) is 16.0 Å². The van der Waals surface area contributed by atoms with Crippen molar-refractivity contribution in [1.82, 2.24) is 0 Å². The Morgan fingerprint density at radius 1 is 1.11 bits per heavy atom. The number of para-hydroxylation sites is 3. The van der Waals surface area contributed by atoms with E-state index in [1.165, 1.54) is 5.56 Å². The second-order valence-corrected chi connectivity index (χ2v) is 7.13. The fraction of sp³-hybridized carbons (Fsp3) is 0.333. The predicted molar refractivity (Wildman–Crippen MR) is 104 cm³/mol. The highest BCUT2D eigenvalue weighted by Gasteiger charge is 2.34. The SMILES string of the molecule is C[C@@H]1CCc2ccccc2N1CC(=O)N1C[C@@H](C(N)=O)Oc2ccccc21. The number of fused-ring (bicyclic) bond motifs is 2. The van der Waals surface area contributed by atoms with Crippen LogP contribution in [0, 0.1) is 0 Å². The zero-order valence-electron chi connectivity index (χ0n) is 15.3. The molecular formula is C21H23N3O3. The average Bonchev–Trinajstić information content (AvgIpc) is 2.69. The van der Waals surface area contributed by atoms with Crippen molar-refractivity contribution in [2.75, 3.05) is 22.9 Å². The van der Waals surface area contributed by atoms with Crippen LogP contribution in [-0.4, -0.2) is 37.0 Å². The summed E-state index contributed by atoms with van der Waals surface area (Å²) >= 11 is 0. The number of primary amides is 1. The molecule has 6 nitrogen and oxygen atoms in total. The molecule has 2 amide bonds. The molecule has 0 radical (unpaired) electrons. The Kier molecular flexibility index (Phi) is 4.48. The van der Waals surface area contributed by atoms with E-state index in [0.29, 0.717) is 11.4 Å². The highest BCUT2D eigenvalue weighted by Crippen LogP contribution is 2.34. The molecule has 0 spiro atoms. The van der Waals surface area contributed by atoms with Gasteiger partial charge in [-0.2, -0.15) is 0 Å². The summed E-state index contributed by atoms with van der Waals surface area (Å²) in [5.41, 5.74) is 8.50. The number of hydrogen-bond acceptors (Lipinski definition) is 4. The summed E-state index contributed by atoms with van der Waals surface area (Å²) in [6.07, 6.45) is 1.19. The molecule has 2 N–H and O–H groups in total. The molecule has 0 fully saturated rings. The van der Waals surface area contributed by atoms with Crippen LogP contribution in [0.3, 0.4) is 0 Å². The molecule has 6 heteroatoms. The number of rotatable bonds is 3. The lowest BCUT2D eigenvalue weighted by molar-refractivity contribution is -0.125. The van der Waals surface area contributed by atoms with E-state index in [1.807, 2.05) is 30.3 Å². The van der Waals surface area contributed by atoms with Gasteiger partial charge in [0.15, 0.2) is 6.10 Å². The van der Waals surface area contributed by atoms with E-state index < -0.39 is 12.0 Å². The van der Waals surface area contributed by atoms with Gasteiger partial charge in [-0.15, -0.1) is 0 Å². The number of carbonyl (C=O) groups excluding carboxylic acids is 2. The fourth-order valence-electron chi connectivity index (χ4n) is 3.85. The van der Waals surface area contributed by atoms with Crippen molar-refractivity contribution in [1.29, 1.82) is 0 Å². The predicted octanol–water partition coefficient (Wildman–Crippen LogP) is 2.11. The molecule has 2 aromatic carbocycles. The van der Waals surface area contributed by atoms with E-state index in [9.17, 15) is 9.59 Å². The molecule has 4 rings (SSSR count). The van der Waals surface area contributed by atoms with Gasteiger partial charge in [-0.25, -0.2) is 0 Å². The maximum atomic E-state index is 13.2. The van der Waals surface area contributed by atoms with Crippen molar-refractivity contribution >= 4 is 23.2 Å². The summed E-state index contributed by atoms with van der Waals surface area (Å²) in [5, 5.41) is 0. The maximum absolute atomic E-state index is 13.2. The summed E-state index contributed by atoms with van der Waals surface area (Å²) in [6.45, 7) is 2.52. The van der Waals surface area contributed by atoms with Crippen LogP contribution < -0.4 is 20.3 Å². The van der Waals surface area contributed by atoms with Gasteiger partial charge in [-0.3, -0.25) is 9.59 Å². The number of amides is 2. The lowest BCUT2D eigenvalue weighted by Gasteiger charge is -2.39. The van der Waals surface area contributed by atoms with Gasteiger partial charge in [0.2, 0.25) is 5.91 Å². The monoisotopic (exact) mass is 365 g/mol. The average molecular weight is 365 g/mol. The molecule has 0 aliphatic carbocycles. The first-order valence-electron chi connectivity index (χ1n) is 9.24. The highest BCUT2D eigenvalue weighted by molar-refractivity contribution is 5.99. The summed E-state index contributed by atoms with van der Waals surface area (Å²) < 4.78 is 5.66. The molecular weight excluding hydrogens is 342 g/mol. The first kappa shape index (κ1) is 17.4. The van der Waals surface area contributed by atoms with Crippen molar-refractivity contribution in [2.24, 2.45) is 5.73 Å². The Hall–Kier alpha value is -3.02. The van der Waals surface area contributed by atoms with Crippen LogP contribution in [0.4, 0.5) is 11.4 Å². The van der Waals surface area contributed by atoms with Crippen molar-refractivity contribution in [3.63, 3.8) is 0 Å². The Morgan fingerprint density at radius 2 is 1.81 bits per heavy atom. The largest absolute Gasteiger partial charge is 0.477 e. The van der Waals surface area contributed by atoms with Crippen LogP contribution in [0.2, 0.25) is 0 Å². The molecule has 0 aromatic heterocycles. The second-order valence-electron chi connectivity index (χ2n) is 7.13. The van der Waals surface area contributed by atoms with E-state index in [1.54, 1.807) is 11.0 Å². The van der Waals surface area contributed by atoms with E-state index in [0.717, 1.165) is 18.5 Å². The molecule has 2 heterocycles. The van der Waals surface area contributed by atoms with E-state index in [-0.39, 0.29) is 25.0 Å². The quantitative estimate of drug-likeness (QED) is 0.904. The molecule has 0 bridgehead atoms. The lowest BCUT2D eigenvalue weighted by Crippen LogP contribution is -2.53. The highest BCUT2D eigenvalue weighted by atomic mass is 16.5. The van der Waals surface area contributed by atoms with Crippen molar-refractivity contribution in [3.05, 3.63) is 54.1 Å². The summed E-state index contributed by atoms with van der Waals surface area (Å²) in [5.74, 6) is -0.132. The van der Waals surface area contributed by atoms with Crippen molar-refractivity contribution < 1.29 is 14.3 Å². The van der Waals surface area contributed by atoms with Gasteiger partial charge >= 0.3 is 0 Å². The zero-order valence-corrected chi connectivity index (χ0v) is 15.3. The van der Waals surface area contributed by atoms with Gasteiger partial charge < -0.3 is 20.3 Å². The Morgan fingerprint density at radius 3 is 2.59 bits per heavy atom. The molecule has 0 saturated carbocycles. The first-order valence-corrected chi connectivity index (χ1v) is 9.24. The molecule has 2 aliphatic rings. The Balaban J connectivity index is 1.62.